The summed E-state index contributed by atoms with van der Waals surface area (Å²) in [7, 11) is 0. The molecule has 0 atom stereocenters. The maximum absolute atomic E-state index is 3.52. The molecule has 1 aliphatic heterocycles. The molecule has 0 spiro atoms. The molecule has 1 nitrogen and oxygen atoms in total. The standard InChI is InChI=1S/C15H21N/c1-5-12-7-6-8-13(11(12)2)14-9-15(3,4)10-16-14/h6-9,16H,5,10H2,1-4H3. The smallest absolute Gasteiger partial charge is 0.0382 e. The lowest BCUT2D eigenvalue weighted by Gasteiger charge is -2.11. The molecule has 2 rings (SSSR count). The van der Waals surface area contributed by atoms with Gasteiger partial charge in [-0.2, -0.15) is 0 Å². The molecule has 0 saturated carbocycles. The zero-order valence-electron chi connectivity index (χ0n) is 10.7. The van der Waals surface area contributed by atoms with Gasteiger partial charge in [0.05, 0.1) is 0 Å². The summed E-state index contributed by atoms with van der Waals surface area (Å²) >= 11 is 0. The number of benzene rings is 1. The average molecular weight is 215 g/mol. The van der Waals surface area contributed by atoms with E-state index in [1.165, 1.54) is 22.4 Å². The minimum absolute atomic E-state index is 0.282. The first kappa shape index (κ1) is 11.3. The van der Waals surface area contributed by atoms with E-state index in [-0.39, 0.29) is 5.41 Å². The summed E-state index contributed by atoms with van der Waals surface area (Å²) in [6.45, 7) is 10.0. The van der Waals surface area contributed by atoms with Gasteiger partial charge in [0.15, 0.2) is 0 Å². The van der Waals surface area contributed by atoms with Crippen molar-refractivity contribution in [3.8, 4) is 0 Å². The third-order valence-electron chi connectivity index (χ3n) is 3.39. The molecule has 0 unspecified atom stereocenters. The predicted molar refractivity (Wildman–Crippen MR) is 70.3 cm³/mol. The highest BCUT2D eigenvalue weighted by molar-refractivity contribution is 5.70. The summed E-state index contributed by atoms with van der Waals surface area (Å²) in [5.41, 5.74) is 5.82. The van der Waals surface area contributed by atoms with Gasteiger partial charge in [-0.05, 0) is 24.5 Å². The van der Waals surface area contributed by atoms with Crippen molar-refractivity contribution in [1.82, 2.24) is 5.32 Å². The molecule has 1 aromatic carbocycles. The lowest BCUT2D eigenvalue weighted by molar-refractivity contribution is 0.497. The molecule has 1 heterocycles. The highest BCUT2D eigenvalue weighted by atomic mass is 14.9. The number of hydrogen-bond donors (Lipinski definition) is 1. The molecule has 1 heteroatoms. The van der Waals surface area contributed by atoms with E-state index in [0.717, 1.165) is 13.0 Å². The lowest BCUT2D eigenvalue weighted by Crippen LogP contribution is -2.17. The van der Waals surface area contributed by atoms with Gasteiger partial charge >= 0.3 is 0 Å². The summed E-state index contributed by atoms with van der Waals surface area (Å²) in [5.74, 6) is 0. The van der Waals surface area contributed by atoms with Gasteiger partial charge in [-0.25, -0.2) is 0 Å². The first-order valence-electron chi connectivity index (χ1n) is 6.09. The largest absolute Gasteiger partial charge is 0.384 e. The van der Waals surface area contributed by atoms with Crippen molar-refractivity contribution in [2.45, 2.75) is 34.1 Å². The molecule has 0 radical (unpaired) electrons. The Morgan fingerprint density at radius 1 is 1.31 bits per heavy atom. The first-order chi connectivity index (χ1) is 7.53. The Bertz CT molecular complexity index is 427. The van der Waals surface area contributed by atoms with E-state index < -0.39 is 0 Å². The molecule has 1 aliphatic rings. The van der Waals surface area contributed by atoms with E-state index in [4.69, 9.17) is 0 Å². The third kappa shape index (κ3) is 1.99. The van der Waals surface area contributed by atoms with Crippen molar-refractivity contribution in [3.63, 3.8) is 0 Å². The van der Waals surface area contributed by atoms with Gasteiger partial charge in [-0.1, -0.05) is 45.0 Å². The number of rotatable bonds is 2. The summed E-state index contributed by atoms with van der Waals surface area (Å²) in [5, 5.41) is 3.52. The maximum Gasteiger partial charge on any atom is 0.0382 e. The molecule has 0 bridgehead atoms. The molecule has 0 saturated heterocycles. The van der Waals surface area contributed by atoms with Crippen LogP contribution in [0.2, 0.25) is 0 Å². The number of aryl methyl sites for hydroxylation is 1. The van der Waals surface area contributed by atoms with Crippen LogP contribution in [-0.2, 0) is 6.42 Å². The molecular formula is C15H21N. The SMILES string of the molecule is CCc1cccc(C2=CC(C)(C)CN2)c1C. The Hall–Kier alpha value is -1.24. The predicted octanol–water partition coefficient (Wildman–Crippen LogP) is 3.53. The van der Waals surface area contributed by atoms with Crippen LogP contribution in [0.25, 0.3) is 5.70 Å². The normalized spacial score (nSPS) is 18.1. The molecule has 1 aromatic rings. The first-order valence-corrected chi connectivity index (χ1v) is 6.09. The van der Waals surface area contributed by atoms with Gasteiger partial charge in [0, 0.05) is 23.2 Å². The second-order valence-corrected chi connectivity index (χ2v) is 5.34. The molecule has 0 fully saturated rings. The van der Waals surface area contributed by atoms with Crippen molar-refractivity contribution in [2.24, 2.45) is 5.41 Å². The van der Waals surface area contributed by atoms with Crippen molar-refractivity contribution >= 4 is 5.70 Å². The van der Waals surface area contributed by atoms with Crippen LogP contribution >= 0.6 is 0 Å². The van der Waals surface area contributed by atoms with E-state index in [1.54, 1.807) is 0 Å². The molecule has 16 heavy (non-hydrogen) atoms. The van der Waals surface area contributed by atoms with E-state index in [2.05, 4.69) is 57.3 Å². The van der Waals surface area contributed by atoms with Gasteiger partial charge < -0.3 is 5.32 Å². The summed E-state index contributed by atoms with van der Waals surface area (Å²) in [6, 6.07) is 6.60. The van der Waals surface area contributed by atoms with Crippen molar-refractivity contribution in [1.29, 1.82) is 0 Å². The van der Waals surface area contributed by atoms with Crippen LogP contribution in [0.3, 0.4) is 0 Å². The Kier molecular flexibility index (Phi) is 2.79. The zero-order valence-corrected chi connectivity index (χ0v) is 10.7. The van der Waals surface area contributed by atoms with Crippen LogP contribution in [0.1, 0.15) is 37.5 Å². The van der Waals surface area contributed by atoms with Crippen LogP contribution in [0, 0.1) is 12.3 Å². The molecule has 0 aliphatic carbocycles. The molecule has 0 aromatic heterocycles. The van der Waals surface area contributed by atoms with Gasteiger partial charge in [0.2, 0.25) is 0 Å². The second-order valence-electron chi connectivity index (χ2n) is 5.34. The van der Waals surface area contributed by atoms with Crippen LogP contribution in [0.15, 0.2) is 24.3 Å². The fourth-order valence-electron chi connectivity index (χ4n) is 2.35. The minimum Gasteiger partial charge on any atom is -0.384 e. The third-order valence-corrected chi connectivity index (χ3v) is 3.39. The average Bonchev–Trinajstić information content (AvgIpc) is 2.59. The van der Waals surface area contributed by atoms with E-state index in [0.29, 0.717) is 0 Å². The van der Waals surface area contributed by atoms with Gasteiger partial charge in [-0.3, -0.25) is 0 Å². The van der Waals surface area contributed by atoms with Gasteiger partial charge in [-0.15, -0.1) is 0 Å². The van der Waals surface area contributed by atoms with Crippen molar-refractivity contribution in [3.05, 3.63) is 41.0 Å². The van der Waals surface area contributed by atoms with E-state index in [1.807, 2.05) is 0 Å². The van der Waals surface area contributed by atoms with Crippen molar-refractivity contribution in [2.75, 3.05) is 6.54 Å². The fourth-order valence-corrected chi connectivity index (χ4v) is 2.35. The fraction of sp³-hybridized carbons (Fsp3) is 0.467. The quantitative estimate of drug-likeness (QED) is 0.796. The van der Waals surface area contributed by atoms with Gasteiger partial charge in [0.1, 0.15) is 0 Å². The number of nitrogens with one attached hydrogen (secondary N) is 1. The Balaban J connectivity index is 2.42. The zero-order chi connectivity index (χ0) is 11.8. The maximum atomic E-state index is 3.52. The summed E-state index contributed by atoms with van der Waals surface area (Å²) < 4.78 is 0. The Morgan fingerprint density at radius 3 is 2.62 bits per heavy atom. The summed E-state index contributed by atoms with van der Waals surface area (Å²) in [4.78, 5) is 0. The molecule has 0 amide bonds. The van der Waals surface area contributed by atoms with Crippen LogP contribution < -0.4 is 5.32 Å². The van der Waals surface area contributed by atoms with E-state index in [9.17, 15) is 0 Å². The topological polar surface area (TPSA) is 12.0 Å². The lowest BCUT2D eigenvalue weighted by atomic mass is 9.93. The van der Waals surface area contributed by atoms with Crippen LogP contribution in [-0.4, -0.2) is 6.54 Å². The van der Waals surface area contributed by atoms with Gasteiger partial charge in [0.25, 0.3) is 0 Å². The van der Waals surface area contributed by atoms with Crippen LogP contribution in [0.5, 0.6) is 0 Å². The molecular weight excluding hydrogens is 194 g/mol. The molecule has 1 N–H and O–H groups in total. The molecule has 86 valence electrons. The number of hydrogen-bond acceptors (Lipinski definition) is 1. The second kappa shape index (κ2) is 3.97. The Morgan fingerprint density at radius 2 is 2.06 bits per heavy atom. The van der Waals surface area contributed by atoms with E-state index >= 15 is 0 Å². The highest BCUT2D eigenvalue weighted by Crippen LogP contribution is 2.30. The minimum atomic E-state index is 0.282. The Labute approximate surface area is 98.6 Å². The monoisotopic (exact) mass is 215 g/mol. The van der Waals surface area contributed by atoms with Crippen LogP contribution in [0.4, 0.5) is 0 Å². The van der Waals surface area contributed by atoms with Crippen molar-refractivity contribution < 1.29 is 0 Å². The highest BCUT2D eigenvalue weighted by Gasteiger charge is 2.23. The summed E-state index contributed by atoms with van der Waals surface area (Å²) in [6.07, 6.45) is 3.46.